The van der Waals surface area contributed by atoms with Gasteiger partial charge in [0.25, 0.3) is 0 Å². The third-order valence-corrected chi connectivity index (χ3v) is 4.84. The maximum Gasteiger partial charge on any atom is 0.311 e. The zero-order valence-corrected chi connectivity index (χ0v) is 12.0. The van der Waals surface area contributed by atoms with E-state index >= 15 is 0 Å². The maximum absolute atomic E-state index is 12.9. The van der Waals surface area contributed by atoms with Crippen LogP contribution >= 0.6 is 11.3 Å². The highest BCUT2D eigenvalue weighted by Crippen LogP contribution is 2.28. The lowest BCUT2D eigenvalue weighted by Crippen LogP contribution is -2.26. The fraction of sp³-hybridized carbons (Fsp3) is 0.500. The Hall–Kier alpha value is -1.55. The SMILES string of the molecule is COC(=O)Cc1csc(N2CC(S(=O)(=O)F)CC2=O)n1. The van der Waals surface area contributed by atoms with Crippen molar-refractivity contribution >= 4 is 38.6 Å². The number of thiazole rings is 1. The molecule has 0 aliphatic carbocycles. The number of carbonyl (C=O) groups excluding carboxylic acids is 2. The molecule has 0 aromatic carbocycles. The molecule has 1 fully saturated rings. The molecule has 1 aliphatic heterocycles. The van der Waals surface area contributed by atoms with E-state index in [1.807, 2.05) is 0 Å². The van der Waals surface area contributed by atoms with Crippen LogP contribution in [0.3, 0.4) is 0 Å². The Bertz CT molecular complexity index is 642. The highest BCUT2D eigenvalue weighted by molar-refractivity contribution is 7.87. The van der Waals surface area contributed by atoms with Gasteiger partial charge in [0, 0.05) is 18.3 Å². The summed E-state index contributed by atoms with van der Waals surface area (Å²) in [6, 6.07) is 0. The predicted octanol–water partition coefficient (Wildman–Crippen LogP) is 0.263. The molecule has 1 saturated heterocycles. The average molecular weight is 322 g/mol. The van der Waals surface area contributed by atoms with Crippen LogP contribution in [0.1, 0.15) is 12.1 Å². The molecule has 110 valence electrons. The fourth-order valence-electron chi connectivity index (χ4n) is 1.77. The molecule has 1 unspecified atom stereocenters. The van der Waals surface area contributed by atoms with Crippen LogP contribution in [0.15, 0.2) is 5.38 Å². The molecule has 10 heteroatoms. The van der Waals surface area contributed by atoms with E-state index in [4.69, 9.17) is 0 Å². The summed E-state index contributed by atoms with van der Waals surface area (Å²) < 4.78 is 39.0. The number of nitrogens with zero attached hydrogens (tertiary/aromatic N) is 2. The van der Waals surface area contributed by atoms with Crippen molar-refractivity contribution in [3.63, 3.8) is 0 Å². The van der Waals surface area contributed by atoms with E-state index in [9.17, 15) is 21.9 Å². The summed E-state index contributed by atoms with van der Waals surface area (Å²) in [7, 11) is -3.51. The van der Waals surface area contributed by atoms with E-state index in [0.717, 1.165) is 16.2 Å². The lowest BCUT2D eigenvalue weighted by Gasteiger charge is -2.11. The number of hydrogen-bond acceptors (Lipinski definition) is 7. The number of carbonyl (C=O) groups is 2. The van der Waals surface area contributed by atoms with Gasteiger partial charge in [-0.2, -0.15) is 8.42 Å². The Labute approximate surface area is 118 Å². The minimum Gasteiger partial charge on any atom is -0.469 e. The molecule has 2 rings (SSSR count). The molecule has 20 heavy (non-hydrogen) atoms. The first-order chi connectivity index (χ1) is 9.31. The number of methoxy groups -OCH3 is 1. The predicted molar refractivity (Wildman–Crippen MR) is 68.6 cm³/mol. The molecule has 0 radical (unpaired) electrons. The van der Waals surface area contributed by atoms with Crippen molar-refractivity contribution in [1.29, 1.82) is 0 Å². The van der Waals surface area contributed by atoms with Gasteiger partial charge in [-0.05, 0) is 0 Å². The second kappa shape index (κ2) is 5.44. The Morgan fingerprint density at radius 3 is 2.90 bits per heavy atom. The number of aromatic nitrogens is 1. The van der Waals surface area contributed by atoms with E-state index in [2.05, 4.69) is 9.72 Å². The third-order valence-electron chi connectivity index (χ3n) is 2.81. The minimum absolute atomic E-state index is 0.0418. The molecular formula is C10H11FN2O5S2. The van der Waals surface area contributed by atoms with Crippen LogP contribution in [0.4, 0.5) is 9.02 Å². The van der Waals surface area contributed by atoms with Gasteiger partial charge in [-0.25, -0.2) is 4.98 Å². The second-order valence-corrected chi connectivity index (χ2v) is 6.63. The van der Waals surface area contributed by atoms with Crippen molar-refractivity contribution in [2.75, 3.05) is 18.6 Å². The van der Waals surface area contributed by atoms with Crippen LogP contribution < -0.4 is 4.90 Å². The number of ether oxygens (including phenoxy) is 1. The lowest BCUT2D eigenvalue weighted by atomic mass is 10.3. The number of amides is 1. The molecule has 7 nitrogen and oxygen atoms in total. The Balaban J connectivity index is 2.13. The fourth-order valence-corrected chi connectivity index (χ4v) is 3.29. The first kappa shape index (κ1) is 14.9. The monoisotopic (exact) mass is 322 g/mol. The van der Waals surface area contributed by atoms with Gasteiger partial charge < -0.3 is 4.74 Å². The van der Waals surface area contributed by atoms with E-state index in [-0.39, 0.29) is 18.1 Å². The van der Waals surface area contributed by atoms with Crippen molar-refractivity contribution in [2.24, 2.45) is 0 Å². The molecule has 1 amide bonds. The zero-order chi connectivity index (χ0) is 14.9. The number of anilines is 1. The van der Waals surface area contributed by atoms with Gasteiger partial charge in [-0.3, -0.25) is 14.5 Å². The number of esters is 1. The average Bonchev–Trinajstić information content (AvgIpc) is 2.94. The first-order valence-corrected chi connectivity index (χ1v) is 7.89. The molecular weight excluding hydrogens is 311 g/mol. The molecule has 2 heterocycles. The number of rotatable bonds is 4. The third kappa shape index (κ3) is 3.12. The maximum atomic E-state index is 12.9. The molecule has 0 bridgehead atoms. The Kier molecular flexibility index (Phi) is 4.04. The quantitative estimate of drug-likeness (QED) is 0.583. The summed E-state index contributed by atoms with van der Waals surface area (Å²) in [5.41, 5.74) is 0.413. The van der Waals surface area contributed by atoms with E-state index in [1.54, 1.807) is 5.38 Å². The van der Waals surface area contributed by atoms with Crippen molar-refractivity contribution in [3.8, 4) is 0 Å². The van der Waals surface area contributed by atoms with E-state index in [0.29, 0.717) is 5.69 Å². The molecule has 0 N–H and O–H groups in total. The minimum atomic E-state index is -4.75. The highest BCUT2D eigenvalue weighted by atomic mass is 32.3. The summed E-state index contributed by atoms with van der Waals surface area (Å²) in [6.45, 7) is -0.261. The largest absolute Gasteiger partial charge is 0.469 e. The molecule has 1 aromatic rings. The highest BCUT2D eigenvalue weighted by Gasteiger charge is 2.40. The summed E-state index contributed by atoms with van der Waals surface area (Å²) in [5.74, 6) is -0.978. The van der Waals surface area contributed by atoms with Crippen molar-refractivity contribution in [3.05, 3.63) is 11.1 Å². The Morgan fingerprint density at radius 2 is 2.35 bits per heavy atom. The van der Waals surface area contributed by atoms with Crippen LogP contribution in [-0.2, 0) is 31.0 Å². The molecule has 1 aromatic heterocycles. The topological polar surface area (TPSA) is 93.6 Å². The second-order valence-electron chi connectivity index (χ2n) is 4.18. The first-order valence-electron chi connectivity index (χ1n) is 5.56. The van der Waals surface area contributed by atoms with Crippen LogP contribution in [0.2, 0.25) is 0 Å². The van der Waals surface area contributed by atoms with Gasteiger partial charge in [0.1, 0.15) is 5.25 Å². The van der Waals surface area contributed by atoms with Gasteiger partial charge in [0.2, 0.25) is 5.91 Å². The zero-order valence-electron chi connectivity index (χ0n) is 10.4. The van der Waals surface area contributed by atoms with Gasteiger partial charge in [-0.1, -0.05) is 0 Å². The van der Waals surface area contributed by atoms with Gasteiger partial charge in [0.15, 0.2) is 5.13 Å². The summed E-state index contributed by atoms with van der Waals surface area (Å²) in [6.07, 6.45) is -0.440. The standard InChI is InChI=1S/C10H11FN2O5S2/c1-18-9(15)2-6-5-19-10(12-6)13-4-7(3-8(13)14)20(11,16)17/h5,7H,2-4H2,1H3. The van der Waals surface area contributed by atoms with Crippen LogP contribution in [0.5, 0.6) is 0 Å². The van der Waals surface area contributed by atoms with Crippen molar-refractivity contribution in [1.82, 2.24) is 4.98 Å². The van der Waals surface area contributed by atoms with E-state index in [1.165, 1.54) is 7.11 Å². The van der Waals surface area contributed by atoms with Crippen molar-refractivity contribution in [2.45, 2.75) is 18.1 Å². The molecule has 0 spiro atoms. The van der Waals surface area contributed by atoms with Gasteiger partial charge in [-0.15, -0.1) is 15.2 Å². The van der Waals surface area contributed by atoms with Crippen LogP contribution in [-0.4, -0.2) is 44.2 Å². The lowest BCUT2D eigenvalue weighted by molar-refractivity contribution is -0.139. The molecule has 1 aliphatic rings. The van der Waals surface area contributed by atoms with E-state index < -0.39 is 33.8 Å². The van der Waals surface area contributed by atoms with Gasteiger partial charge >= 0.3 is 16.2 Å². The van der Waals surface area contributed by atoms with Crippen LogP contribution in [0, 0.1) is 0 Å². The molecule has 0 saturated carbocycles. The smallest absolute Gasteiger partial charge is 0.311 e. The number of hydrogen-bond donors (Lipinski definition) is 0. The summed E-state index contributed by atoms with van der Waals surface area (Å²) in [5, 5.41) is 0.458. The normalized spacial score (nSPS) is 19.4. The van der Waals surface area contributed by atoms with Crippen molar-refractivity contribution < 1.29 is 26.6 Å². The molecule has 1 atom stereocenters. The number of halogens is 1. The summed E-state index contributed by atoms with van der Waals surface area (Å²) >= 11 is 1.08. The van der Waals surface area contributed by atoms with Gasteiger partial charge in [0.05, 0.1) is 19.2 Å². The van der Waals surface area contributed by atoms with Crippen LogP contribution in [0.25, 0.3) is 0 Å². The summed E-state index contributed by atoms with van der Waals surface area (Å²) in [4.78, 5) is 28.0. The Morgan fingerprint density at radius 1 is 1.65 bits per heavy atom.